The van der Waals surface area contributed by atoms with Crippen LogP contribution in [-0.2, 0) is 10.0 Å². The lowest BCUT2D eigenvalue weighted by atomic mass is 10.0. The molecule has 0 aromatic carbocycles. The van der Waals surface area contributed by atoms with Gasteiger partial charge in [-0.25, -0.2) is 8.42 Å². The SMILES string of the molecule is C[C@@H]1CCCN(S(=O)(=O)c2ccc(-c3nnc(C4CCCC4)o3)o2)C1. The second kappa shape index (κ2) is 6.57. The fraction of sp³-hybridized carbons (Fsp3) is 0.647. The van der Waals surface area contributed by atoms with Gasteiger partial charge in [0.15, 0.2) is 5.76 Å². The highest BCUT2D eigenvalue weighted by Gasteiger charge is 2.32. The summed E-state index contributed by atoms with van der Waals surface area (Å²) in [4.78, 5) is 0. The van der Waals surface area contributed by atoms with Crippen LogP contribution in [0.3, 0.4) is 0 Å². The Morgan fingerprint density at radius 2 is 1.88 bits per heavy atom. The summed E-state index contributed by atoms with van der Waals surface area (Å²) in [5.41, 5.74) is 0. The van der Waals surface area contributed by atoms with Gasteiger partial charge in [-0.1, -0.05) is 19.8 Å². The van der Waals surface area contributed by atoms with E-state index in [0.717, 1.165) is 25.7 Å². The maximum Gasteiger partial charge on any atom is 0.283 e. The number of furan rings is 1. The van der Waals surface area contributed by atoms with Crippen molar-refractivity contribution in [1.82, 2.24) is 14.5 Å². The fourth-order valence-corrected chi connectivity index (χ4v) is 5.25. The largest absolute Gasteiger partial charge is 0.438 e. The number of sulfonamides is 1. The third-order valence-electron chi connectivity index (χ3n) is 5.15. The molecule has 1 aliphatic heterocycles. The summed E-state index contributed by atoms with van der Waals surface area (Å²) in [6.07, 6.45) is 6.42. The van der Waals surface area contributed by atoms with Gasteiger partial charge in [0.05, 0.1) is 0 Å². The molecule has 0 N–H and O–H groups in total. The zero-order valence-electron chi connectivity index (χ0n) is 14.3. The van der Waals surface area contributed by atoms with Gasteiger partial charge in [0, 0.05) is 19.0 Å². The molecule has 1 atom stereocenters. The summed E-state index contributed by atoms with van der Waals surface area (Å²) in [7, 11) is -3.61. The van der Waals surface area contributed by atoms with Crippen molar-refractivity contribution in [2.24, 2.45) is 5.92 Å². The lowest BCUT2D eigenvalue weighted by Crippen LogP contribution is -2.38. The van der Waals surface area contributed by atoms with Crippen LogP contribution in [0.2, 0.25) is 0 Å². The third kappa shape index (κ3) is 3.25. The molecule has 2 aliphatic rings. The molecule has 7 nitrogen and oxygen atoms in total. The lowest BCUT2D eigenvalue weighted by Gasteiger charge is -2.29. The van der Waals surface area contributed by atoms with Crippen molar-refractivity contribution in [3.63, 3.8) is 0 Å². The Hall–Kier alpha value is -1.67. The monoisotopic (exact) mass is 365 g/mol. The van der Waals surface area contributed by atoms with Crippen LogP contribution in [0.1, 0.15) is 57.3 Å². The van der Waals surface area contributed by atoms with E-state index in [1.165, 1.54) is 23.2 Å². The first-order valence-electron chi connectivity index (χ1n) is 8.98. The maximum atomic E-state index is 12.8. The van der Waals surface area contributed by atoms with Crippen LogP contribution in [0.5, 0.6) is 0 Å². The number of hydrogen-bond acceptors (Lipinski definition) is 6. The number of rotatable bonds is 4. The Balaban J connectivity index is 1.55. The van der Waals surface area contributed by atoms with Crippen molar-refractivity contribution in [3.05, 3.63) is 18.0 Å². The molecule has 0 radical (unpaired) electrons. The molecule has 0 bridgehead atoms. The van der Waals surface area contributed by atoms with Crippen molar-refractivity contribution < 1.29 is 17.3 Å². The molecule has 1 aliphatic carbocycles. The molecular weight excluding hydrogens is 342 g/mol. The van der Waals surface area contributed by atoms with Crippen LogP contribution in [-0.4, -0.2) is 36.0 Å². The average molecular weight is 365 g/mol. The quantitative estimate of drug-likeness (QED) is 0.825. The van der Waals surface area contributed by atoms with Gasteiger partial charge in [-0.05, 0) is 43.7 Å². The predicted molar refractivity (Wildman–Crippen MR) is 90.4 cm³/mol. The molecule has 4 rings (SSSR count). The van der Waals surface area contributed by atoms with Gasteiger partial charge in [0.1, 0.15) is 0 Å². The van der Waals surface area contributed by atoms with Crippen molar-refractivity contribution in [1.29, 1.82) is 0 Å². The standard InChI is InChI=1S/C17H23N3O4S/c1-12-5-4-10-20(11-12)25(21,22)15-9-8-14(23-15)17-19-18-16(24-17)13-6-2-3-7-13/h8-9,12-13H,2-7,10-11H2,1H3/t12-/m1/s1. The first-order valence-corrected chi connectivity index (χ1v) is 10.4. The molecule has 1 saturated heterocycles. The molecular formula is C17H23N3O4S. The number of hydrogen-bond donors (Lipinski definition) is 0. The third-order valence-corrected chi connectivity index (χ3v) is 6.89. The van der Waals surface area contributed by atoms with E-state index in [1.54, 1.807) is 6.07 Å². The summed E-state index contributed by atoms with van der Waals surface area (Å²) in [5, 5.41) is 8.08. The second-order valence-corrected chi connectivity index (χ2v) is 9.02. The van der Waals surface area contributed by atoms with Crippen LogP contribution < -0.4 is 0 Å². The Morgan fingerprint density at radius 1 is 1.08 bits per heavy atom. The topological polar surface area (TPSA) is 89.4 Å². The minimum Gasteiger partial charge on any atom is -0.438 e. The zero-order valence-corrected chi connectivity index (χ0v) is 15.2. The molecule has 8 heteroatoms. The van der Waals surface area contributed by atoms with Gasteiger partial charge in [0.25, 0.3) is 15.9 Å². The summed E-state index contributed by atoms with van der Waals surface area (Å²) < 4.78 is 38.3. The van der Waals surface area contributed by atoms with E-state index >= 15 is 0 Å². The fourth-order valence-electron chi connectivity index (χ4n) is 3.74. The zero-order chi connectivity index (χ0) is 17.4. The van der Waals surface area contributed by atoms with Gasteiger partial charge < -0.3 is 8.83 Å². The highest BCUT2D eigenvalue weighted by atomic mass is 32.2. The molecule has 2 aromatic rings. The van der Waals surface area contributed by atoms with Crippen molar-refractivity contribution >= 4 is 10.0 Å². The molecule has 1 saturated carbocycles. The Bertz CT molecular complexity index is 836. The molecule has 0 amide bonds. The Kier molecular flexibility index (Phi) is 4.41. The minimum absolute atomic E-state index is 0.0581. The summed E-state index contributed by atoms with van der Waals surface area (Å²) in [6, 6.07) is 3.07. The van der Waals surface area contributed by atoms with Crippen molar-refractivity contribution in [2.75, 3.05) is 13.1 Å². The first kappa shape index (κ1) is 16.8. The van der Waals surface area contributed by atoms with Gasteiger partial charge in [-0.3, -0.25) is 0 Å². The number of aromatic nitrogens is 2. The van der Waals surface area contributed by atoms with E-state index in [4.69, 9.17) is 8.83 Å². The van der Waals surface area contributed by atoms with E-state index in [-0.39, 0.29) is 11.0 Å². The van der Waals surface area contributed by atoms with Crippen LogP contribution in [0.15, 0.2) is 26.1 Å². The van der Waals surface area contributed by atoms with Gasteiger partial charge >= 0.3 is 0 Å². The van der Waals surface area contributed by atoms with E-state index in [1.807, 2.05) is 0 Å². The molecule has 25 heavy (non-hydrogen) atoms. The number of piperidine rings is 1. The molecule has 2 aromatic heterocycles. The summed E-state index contributed by atoms with van der Waals surface area (Å²) in [5.74, 6) is 1.85. The van der Waals surface area contributed by atoms with E-state index in [2.05, 4.69) is 17.1 Å². The van der Waals surface area contributed by atoms with Crippen LogP contribution >= 0.6 is 0 Å². The average Bonchev–Trinajstić information content (AvgIpc) is 3.33. The second-order valence-electron chi connectivity index (χ2n) is 7.16. The molecule has 0 spiro atoms. The Morgan fingerprint density at radius 3 is 2.64 bits per heavy atom. The van der Waals surface area contributed by atoms with Crippen molar-refractivity contribution in [3.8, 4) is 11.7 Å². The Labute approximate surface area is 147 Å². The van der Waals surface area contributed by atoms with Crippen molar-refractivity contribution in [2.45, 2.75) is 56.5 Å². The van der Waals surface area contributed by atoms with Gasteiger partial charge in [-0.15, -0.1) is 10.2 Å². The lowest BCUT2D eigenvalue weighted by molar-refractivity contribution is 0.275. The predicted octanol–water partition coefficient (Wildman–Crippen LogP) is 3.41. The molecule has 0 unspecified atom stereocenters. The van der Waals surface area contributed by atoms with Crippen LogP contribution in [0, 0.1) is 5.92 Å². The van der Waals surface area contributed by atoms with E-state index < -0.39 is 10.0 Å². The molecule has 3 heterocycles. The normalized spacial score (nSPS) is 23.3. The van der Waals surface area contributed by atoms with Gasteiger partial charge in [0.2, 0.25) is 11.0 Å². The van der Waals surface area contributed by atoms with Crippen LogP contribution in [0.25, 0.3) is 11.7 Å². The first-order chi connectivity index (χ1) is 12.0. The minimum atomic E-state index is -3.61. The number of nitrogens with zero attached hydrogens (tertiary/aromatic N) is 3. The van der Waals surface area contributed by atoms with E-state index in [0.29, 0.717) is 36.6 Å². The highest BCUT2D eigenvalue weighted by Crippen LogP contribution is 2.35. The summed E-state index contributed by atoms with van der Waals surface area (Å²) in [6.45, 7) is 3.14. The summed E-state index contributed by atoms with van der Waals surface area (Å²) >= 11 is 0. The van der Waals surface area contributed by atoms with Crippen LogP contribution in [0.4, 0.5) is 0 Å². The van der Waals surface area contributed by atoms with E-state index in [9.17, 15) is 8.42 Å². The molecule has 2 fully saturated rings. The maximum absolute atomic E-state index is 12.8. The highest BCUT2D eigenvalue weighted by molar-refractivity contribution is 7.89. The van der Waals surface area contributed by atoms with Gasteiger partial charge in [-0.2, -0.15) is 4.31 Å². The molecule has 136 valence electrons. The smallest absolute Gasteiger partial charge is 0.283 e.